The average molecular weight is 418 g/mol. The molecule has 11 nitrogen and oxygen atoms in total. The van der Waals surface area contributed by atoms with Crippen molar-refractivity contribution in [1.29, 1.82) is 0 Å². The number of rotatable bonds is 5. The monoisotopic (exact) mass is 418 g/mol. The van der Waals surface area contributed by atoms with E-state index in [1.807, 2.05) is 18.2 Å². The minimum atomic E-state index is -1.33. The van der Waals surface area contributed by atoms with E-state index < -0.39 is 18.6 Å². The quantitative estimate of drug-likeness (QED) is 0.629. The molecule has 0 N–H and O–H groups in total. The molecule has 0 bridgehead atoms. The fraction of sp³-hybridized carbons (Fsp3) is 0.500. The van der Waals surface area contributed by atoms with Crippen molar-refractivity contribution in [2.24, 2.45) is 7.05 Å². The van der Waals surface area contributed by atoms with Crippen LogP contribution in [-0.2, 0) is 16.6 Å². The molecular weight excluding hydrogens is 395 g/mol. The van der Waals surface area contributed by atoms with Crippen molar-refractivity contribution in [2.75, 3.05) is 49.6 Å². The number of alkyl halides is 1. The Balaban J connectivity index is 1.32. The average Bonchev–Trinajstić information content (AvgIpc) is 3.34. The van der Waals surface area contributed by atoms with Gasteiger partial charge in [0.05, 0.1) is 13.1 Å². The Morgan fingerprint density at radius 1 is 1.27 bits per heavy atom. The lowest BCUT2D eigenvalue weighted by atomic mass is 10.3. The van der Waals surface area contributed by atoms with Crippen molar-refractivity contribution in [1.82, 2.24) is 30.0 Å². The highest BCUT2D eigenvalue weighted by Crippen LogP contribution is 2.23. The summed E-state index contributed by atoms with van der Waals surface area (Å²) in [6.45, 7) is 1.15. The Kier molecular flexibility index (Phi) is 5.48. The van der Waals surface area contributed by atoms with Gasteiger partial charge in [-0.3, -0.25) is 14.6 Å². The van der Waals surface area contributed by atoms with Gasteiger partial charge in [0.15, 0.2) is 12.5 Å². The predicted octanol–water partition coefficient (Wildman–Crippen LogP) is 0.0690. The molecule has 2 fully saturated rings. The van der Waals surface area contributed by atoms with Crippen LogP contribution in [0.4, 0.5) is 20.8 Å². The van der Waals surface area contributed by atoms with Crippen molar-refractivity contribution in [3.63, 3.8) is 0 Å². The normalized spacial score (nSPS) is 22.3. The second-order valence-electron chi connectivity index (χ2n) is 7.25. The summed E-state index contributed by atoms with van der Waals surface area (Å²) in [5, 5.41) is 11.1. The molecule has 2 aliphatic heterocycles. The number of hydrogen-bond acceptors (Lipinski definition) is 8. The smallest absolute Gasteiger partial charge is 0.416 e. The largest absolute Gasteiger partial charge is 0.423 e. The minimum absolute atomic E-state index is 0.0290. The van der Waals surface area contributed by atoms with E-state index in [1.165, 1.54) is 19.4 Å². The summed E-state index contributed by atoms with van der Waals surface area (Å²) in [5.41, 5.74) is 0.709. The lowest BCUT2D eigenvalue weighted by Crippen LogP contribution is -2.55. The van der Waals surface area contributed by atoms with E-state index in [9.17, 15) is 14.0 Å². The molecule has 2 amide bonds. The first-order valence-electron chi connectivity index (χ1n) is 9.58. The van der Waals surface area contributed by atoms with Gasteiger partial charge in [0.25, 0.3) is 0 Å². The first kappa shape index (κ1) is 20.0. The molecule has 2 saturated heterocycles. The fourth-order valence-electron chi connectivity index (χ4n) is 3.56. The van der Waals surface area contributed by atoms with Gasteiger partial charge < -0.3 is 14.5 Å². The summed E-state index contributed by atoms with van der Waals surface area (Å²) >= 11 is 0. The fourth-order valence-corrected chi connectivity index (χ4v) is 3.56. The molecule has 2 atom stereocenters. The summed E-state index contributed by atoms with van der Waals surface area (Å²) in [7, 11) is 3.23. The highest BCUT2D eigenvalue weighted by Gasteiger charge is 2.37. The number of halogens is 1. The van der Waals surface area contributed by atoms with Gasteiger partial charge in [0.1, 0.15) is 0 Å². The van der Waals surface area contributed by atoms with Crippen LogP contribution in [0.5, 0.6) is 0 Å². The summed E-state index contributed by atoms with van der Waals surface area (Å²) in [6.07, 6.45) is -2.53. The van der Waals surface area contributed by atoms with Crippen molar-refractivity contribution in [3.05, 3.63) is 30.3 Å². The number of likely N-dealkylation sites (N-methyl/N-ethyl adjacent to an activating group) is 1. The number of anilines is 2. The van der Waals surface area contributed by atoms with Gasteiger partial charge >= 0.3 is 6.09 Å². The van der Waals surface area contributed by atoms with Crippen molar-refractivity contribution >= 4 is 23.6 Å². The van der Waals surface area contributed by atoms with Crippen LogP contribution >= 0.6 is 0 Å². The predicted molar refractivity (Wildman–Crippen MR) is 104 cm³/mol. The lowest BCUT2D eigenvalue weighted by molar-refractivity contribution is -0.138. The Morgan fingerprint density at radius 3 is 2.70 bits per heavy atom. The van der Waals surface area contributed by atoms with Crippen LogP contribution in [-0.4, -0.2) is 94.3 Å². The van der Waals surface area contributed by atoms with Crippen molar-refractivity contribution < 1.29 is 18.7 Å². The third-order valence-electron chi connectivity index (χ3n) is 5.31. The van der Waals surface area contributed by atoms with E-state index >= 15 is 0 Å². The number of piperazine rings is 1. The highest BCUT2D eigenvalue weighted by atomic mass is 19.1. The van der Waals surface area contributed by atoms with E-state index in [4.69, 9.17) is 4.74 Å². The van der Waals surface area contributed by atoms with Crippen molar-refractivity contribution in [2.45, 2.75) is 12.5 Å². The van der Waals surface area contributed by atoms with Crippen LogP contribution in [0.3, 0.4) is 0 Å². The zero-order valence-corrected chi connectivity index (χ0v) is 16.8. The molecule has 160 valence electrons. The number of tetrazole rings is 1. The molecular formula is C18H23FN8O3. The second-order valence-corrected chi connectivity index (χ2v) is 7.25. The zero-order chi connectivity index (χ0) is 21.3. The maximum Gasteiger partial charge on any atom is 0.416 e. The Labute approximate surface area is 172 Å². The van der Waals surface area contributed by atoms with E-state index in [-0.39, 0.29) is 25.5 Å². The number of nitrogens with zero attached hydrogens (tertiary/aromatic N) is 8. The lowest BCUT2D eigenvalue weighted by Gasteiger charge is -2.37. The third-order valence-corrected chi connectivity index (χ3v) is 5.31. The molecule has 0 radical (unpaired) electrons. The molecule has 0 spiro atoms. The third kappa shape index (κ3) is 3.90. The first-order chi connectivity index (χ1) is 14.4. The number of cyclic esters (lactones) is 1. The van der Waals surface area contributed by atoms with Gasteiger partial charge in [-0.2, -0.15) is 0 Å². The number of para-hydroxylation sites is 1. The first-order valence-corrected chi connectivity index (χ1v) is 9.58. The molecule has 4 rings (SSSR count). The van der Waals surface area contributed by atoms with E-state index in [2.05, 4.69) is 15.5 Å². The minimum Gasteiger partial charge on any atom is -0.423 e. The van der Waals surface area contributed by atoms with Gasteiger partial charge in [-0.15, -0.1) is 0 Å². The van der Waals surface area contributed by atoms with Gasteiger partial charge in [-0.25, -0.2) is 13.9 Å². The SMILES string of the molecule is CN(C(=O)CN1CCN(c2nnnn2C)C(F)C1)C1CN(c2ccccc2)C(=O)O1. The molecule has 30 heavy (non-hydrogen) atoms. The maximum absolute atomic E-state index is 14.7. The van der Waals surface area contributed by atoms with E-state index in [0.717, 1.165) is 0 Å². The van der Waals surface area contributed by atoms with Gasteiger partial charge in [0, 0.05) is 39.4 Å². The summed E-state index contributed by atoms with van der Waals surface area (Å²) in [4.78, 5) is 31.0. The number of amides is 2. The Bertz CT molecular complexity index is 910. The van der Waals surface area contributed by atoms with Gasteiger partial charge in [-0.05, 0) is 22.6 Å². The molecule has 12 heteroatoms. The van der Waals surface area contributed by atoms with Crippen LogP contribution in [0.2, 0.25) is 0 Å². The Morgan fingerprint density at radius 2 is 2.03 bits per heavy atom. The number of hydrogen-bond donors (Lipinski definition) is 0. The van der Waals surface area contributed by atoms with Crippen LogP contribution in [0.15, 0.2) is 30.3 Å². The van der Waals surface area contributed by atoms with Gasteiger partial charge in [0.2, 0.25) is 11.9 Å². The van der Waals surface area contributed by atoms with Crippen LogP contribution in [0.25, 0.3) is 0 Å². The number of carbonyl (C=O) groups excluding carboxylic acids is 2. The topological polar surface area (TPSA) is 99.9 Å². The molecule has 1 aromatic carbocycles. The maximum atomic E-state index is 14.7. The number of aryl methyl sites for hydroxylation is 1. The molecule has 0 saturated carbocycles. The Hall–Kier alpha value is -3.28. The van der Waals surface area contributed by atoms with Gasteiger partial charge in [-0.1, -0.05) is 23.3 Å². The van der Waals surface area contributed by atoms with Crippen LogP contribution in [0.1, 0.15) is 0 Å². The molecule has 3 heterocycles. The molecule has 2 aliphatic rings. The van der Waals surface area contributed by atoms with E-state index in [0.29, 0.717) is 24.7 Å². The molecule has 1 aromatic heterocycles. The number of benzene rings is 1. The summed E-state index contributed by atoms with van der Waals surface area (Å²) in [5.74, 6) is 0.105. The van der Waals surface area contributed by atoms with Crippen LogP contribution in [0, 0.1) is 0 Å². The number of ether oxygens (including phenoxy) is 1. The number of aromatic nitrogens is 4. The summed E-state index contributed by atoms with van der Waals surface area (Å²) < 4.78 is 21.4. The molecule has 2 aromatic rings. The molecule has 0 aliphatic carbocycles. The van der Waals surface area contributed by atoms with Crippen molar-refractivity contribution in [3.8, 4) is 0 Å². The standard InChI is InChI=1S/C18H23FN8O3/c1-23(16-12-27(18(29)30-16)13-6-4-3-5-7-13)15(28)11-25-8-9-26(14(19)10-25)17-20-21-22-24(17)2/h3-7,14,16H,8-12H2,1-2H3. The summed E-state index contributed by atoms with van der Waals surface area (Å²) in [6, 6.07) is 9.12. The zero-order valence-electron chi connectivity index (χ0n) is 16.8. The number of carbonyl (C=O) groups is 2. The highest BCUT2D eigenvalue weighted by molar-refractivity contribution is 5.90. The molecule has 2 unspecified atom stereocenters. The second kappa shape index (κ2) is 8.22. The van der Waals surface area contributed by atoms with Crippen LogP contribution < -0.4 is 9.80 Å². The van der Waals surface area contributed by atoms with E-state index in [1.54, 1.807) is 31.1 Å².